The van der Waals surface area contributed by atoms with Crippen molar-refractivity contribution in [2.75, 3.05) is 11.2 Å². The van der Waals surface area contributed by atoms with Crippen LogP contribution in [0, 0.1) is 17.0 Å². The normalized spacial score (nSPS) is 11.8. The van der Waals surface area contributed by atoms with Crippen LogP contribution < -0.4 is 11.2 Å². The SMILES string of the molecule is Cc1ccc(-c2nnc(SC(C)C(=O)Nc3nc(-c4cccc([N+](=O)[O-])c4)cs3)n2N)cc1. The molecule has 12 heteroatoms. The molecule has 2 aromatic heterocycles. The fourth-order valence-electron chi connectivity index (χ4n) is 2.92. The van der Waals surface area contributed by atoms with Gasteiger partial charge in [-0.15, -0.1) is 21.5 Å². The summed E-state index contributed by atoms with van der Waals surface area (Å²) in [5.41, 5.74) is 3.08. The van der Waals surface area contributed by atoms with Crippen LogP contribution in [0.5, 0.6) is 0 Å². The van der Waals surface area contributed by atoms with Gasteiger partial charge in [-0.25, -0.2) is 9.66 Å². The summed E-state index contributed by atoms with van der Waals surface area (Å²) < 4.78 is 1.36. The number of hydrogen-bond acceptors (Lipinski definition) is 9. The molecule has 0 bridgehead atoms. The average Bonchev–Trinajstić information content (AvgIpc) is 3.41. The standard InChI is InChI=1S/C21H19N7O3S2/c1-12-6-8-14(9-7-12)18-25-26-21(27(18)22)33-13(2)19(29)24-20-23-17(11-32-20)15-4-3-5-16(10-15)28(30)31/h3-11,13H,22H2,1-2H3,(H,23,24,29). The molecule has 0 fully saturated rings. The summed E-state index contributed by atoms with van der Waals surface area (Å²) in [7, 11) is 0. The first-order valence-electron chi connectivity index (χ1n) is 9.77. The minimum Gasteiger partial charge on any atom is -0.335 e. The number of non-ortho nitro benzene ring substituents is 1. The van der Waals surface area contributed by atoms with Crippen molar-refractivity contribution in [2.24, 2.45) is 0 Å². The summed E-state index contributed by atoms with van der Waals surface area (Å²) in [6.07, 6.45) is 0. The molecule has 0 aliphatic rings. The van der Waals surface area contributed by atoms with E-state index in [0.717, 1.165) is 11.1 Å². The molecule has 0 aliphatic carbocycles. The largest absolute Gasteiger partial charge is 0.335 e. The molecule has 3 N–H and O–H groups in total. The second kappa shape index (κ2) is 9.38. The number of nitro benzene ring substituents is 1. The lowest BCUT2D eigenvalue weighted by atomic mass is 10.1. The zero-order valence-electron chi connectivity index (χ0n) is 17.6. The molecule has 0 aliphatic heterocycles. The third-order valence-corrected chi connectivity index (χ3v) is 6.53. The Balaban J connectivity index is 1.42. The number of nitrogens with two attached hydrogens (primary N) is 1. The fourth-order valence-corrected chi connectivity index (χ4v) is 4.41. The van der Waals surface area contributed by atoms with Gasteiger partial charge in [0.1, 0.15) is 0 Å². The van der Waals surface area contributed by atoms with E-state index in [0.29, 0.717) is 27.4 Å². The van der Waals surface area contributed by atoms with E-state index in [1.165, 1.54) is 39.9 Å². The third-order valence-electron chi connectivity index (χ3n) is 4.71. The van der Waals surface area contributed by atoms with Crippen LogP contribution in [-0.2, 0) is 4.79 Å². The molecule has 2 heterocycles. The molecule has 168 valence electrons. The Hall–Kier alpha value is -3.77. The lowest BCUT2D eigenvalue weighted by Gasteiger charge is -2.10. The van der Waals surface area contributed by atoms with Crippen molar-refractivity contribution >= 4 is 39.8 Å². The molecule has 4 aromatic rings. The number of aromatic nitrogens is 4. The van der Waals surface area contributed by atoms with Crippen molar-refractivity contribution in [2.45, 2.75) is 24.3 Å². The number of amides is 1. The first kappa shape index (κ1) is 22.4. The molecule has 33 heavy (non-hydrogen) atoms. The molecule has 0 saturated heterocycles. The van der Waals surface area contributed by atoms with Gasteiger partial charge in [0, 0.05) is 28.6 Å². The van der Waals surface area contributed by atoms with Crippen LogP contribution >= 0.6 is 23.1 Å². The van der Waals surface area contributed by atoms with Crippen molar-refractivity contribution < 1.29 is 9.72 Å². The lowest BCUT2D eigenvalue weighted by Crippen LogP contribution is -2.23. The van der Waals surface area contributed by atoms with Gasteiger partial charge in [0.15, 0.2) is 11.0 Å². The quantitative estimate of drug-likeness (QED) is 0.174. The number of thiazole rings is 1. The third kappa shape index (κ3) is 5.02. The van der Waals surface area contributed by atoms with Crippen molar-refractivity contribution in [3.8, 4) is 22.6 Å². The highest BCUT2D eigenvalue weighted by molar-refractivity contribution is 8.00. The Morgan fingerprint density at radius 2 is 1.97 bits per heavy atom. The molecule has 0 radical (unpaired) electrons. The van der Waals surface area contributed by atoms with Crippen LogP contribution in [0.3, 0.4) is 0 Å². The summed E-state index contributed by atoms with van der Waals surface area (Å²) in [6.45, 7) is 3.73. The number of aryl methyl sites for hydroxylation is 1. The number of carbonyl (C=O) groups is 1. The average molecular weight is 482 g/mol. The van der Waals surface area contributed by atoms with E-state index in [-0.39, 0.29) is 11.6 Å². The Bertz CT molecular complexity index is 1320. The maximum absolute atomic E-state index is 12.7. The maximum atomic E-state index is 12.7. The predicted octanol–water partition coefficient (Wildman–Crippen LogP) is 4.12. The van der Waals surface area contributed by atoms with Crippen LogP contribution in [0.1, 0.15) is 12.5 Å². The summed E-state index contributed by atoms with van der Waals surface area (Å²) in [5, 5.41) is 24.0. The van der Waals surface area contributed by atoms with Gasteiger partial charge in [0.2, 0.25) is 11.1 Å². The fraction of sp³-hybridized carbons (Fsp3) is 0.143. The van der Waals surface area contributed by atoms with Gasteiger partial charge in [-0.2, -0.15) is 0 Å². The van der Waals surface area contributed by atoms with E-state index >= 15 is 0 Å². The van der Waals surface area contributed by atoms with E-state index in [9.17, 15) is 14.9 Å². The number of anilines is 1. The Labute approximate surface area is 197 Å². The van der Waals surface area contributed by atoms with Crippen LogP contribution in [0.4, 0.5) is 10.8 Å². The number of nitrogen functional groups attached to an aromatic ring is 1. The monoisotopic (exact) mass is 481 g/mol. The smallest absolute Gasteiger partial charge is 0.270 e. The number of benzene rings is 2. The van der Waals surface area contributed by atoms with Crippen molar-refractivity contribution in [3.05, 3.63) is 69.6 Å². The van der Waals surface area contributed by atoms with E-state index in [1.807, 2.05) is 31.2 Å². The van der Waals surface area contributed by atoms with Crippen LogP contribution in [0.2, 0.25) is 0 Å². The molecule has 4 rings (SSSR count). The van der Waals surface area contributed by atoms with Crippen LogP contribution in [-0.4, -0.2) is 35.9 Å². The van der Waals surface area contributed by atoms with Gasteiger partial charge >= 0.3 is 0 Å². The van der Waals surface area contributed by atoms with Crippen molar-refractivity contribution in [1.82, 2.24) is 19.9 Å². The van der Waals surface area contributed by atoms with Crippen molar-refractivity contribution in [1.29, 1.82) is 0 Å². The molecule has 2 aromatic carbocycles. The molecule has 0 spiro atoms. The van der Waals surface area contributed by atoms with E-state index in [1.54, 1.807) is 24.4 Å². The number of nitro groups is 1. The Morgan fingerprint density at radius 1 is 1.21 bits per heavy atom. The Kier molecular flexibility index (Phi) is 6.38. The summed E-state index contributed by atoms with van der Waals surface area (Å²) in [4.78, 5) is 27.6. The van der Waals surface area contributed by atoms with Gasteiger partial charge in [-0.3, -0.25) is 14.9 Å². The first-order valence-corrected chi connectivity index (χ1v) is 11.5. The maximum Gasteiger partial charge on any atom is 0.270 e. The molecule has 0 saturated carbocycles. The number of carbonyl (C=O) groups excluding carboxylic acids is 1. The van der Waals surface area contributed by atoms with E-state index in [2.05, 4.69) is 20.5 Å². The number of hydrogen-bond donors (Lipinski definition) is 2. The van der Waals surface area contributed by atoms with Gasteiger partial charge in [-0.1, -0.05) is 53.7 Å². The lowest BCUT2D eigenvalue weighted by molar-refractivity contribution is -0.384. The van der Waals surface area contributed by atoms with Crippen LogP contribution in [0.25, 0.3) is 22.6 Å². The second-order valence-corrected chi connectivity index (χ2v) is 9.30. The number of rotatable bonds is 7. The van der Waals surface area contributed by atoms with Crippen molar-refractivity contribution in [3.63, 3.8) is 0 Å². The molecular formula is C21H19N7O3S2. The number of nitrogens with one attached hydrogen (secondary N) is 1. The number of nitrogens with zero attached hydrogens (tertiary/aromatic N) is 5. The van der Waals surface area contributed by atoms with Gasteiger partial charge in [0.25, 0.3) is 5.69 Å². The van der Waals surface area contributed by atoms with Gasteiger partial charge in [0.05, 0.1) is 15.9 Å². The number of thioether (sulfide) groups is 1. The minimum atomic E-state index is -0.521. The highest BCUT2D eigenvalue weighted by Gasteiger charge is 2.21. The second-order valence-electron chi connectivity index (χ2n) is 7.14. The topological polar surface area (TPSA) is 142 Å². The van der Waals surface area contributed by atoms with Crippen LogP contribution in [0.15, 0.2) is 59.1 Å². The van der Waals surface area contributed by atoms with E-state index in [4.69, 9.17) is 5.84 Å². The zero-order chi connectivity index (χ0) is 23.5. The minimum absolute atomic E-state index is 0.0213. The highest BCUT2D eigenvalue weighted by atomic mass is 32.2. The zero-order valence-corrected chi connectivity index (χ0v) is 19.3. The van der Waals surface area contributed by atoms with E-state index < -0.39 is 10.2 Å². The predicted molar refractivity (Wildman–Crippen MR) is 128 cm³/mol. The Morgan fingerprint density at radius 3 is 2.70 bits per heavy atom. The summed E-state index contributed by atoms with van der Waals surface area (Å²) >= 11 is 2.42. The molecule has 1 atom stereocenters. The summed E-state index contributed by atoms with van der Waals surface area (Å²) in [5.74, 6) is 6.38. The summed E-state index contributed by atoms with van der Waals surface area (Å²) in [6, 6.07) is 13.9. The molecule has 1 amide bonds. The van der Waals surface area contributed by atoms with Gasteiger partial charge in [-0.05, 0) is 13.8 Å². The molecule has 1 unspecified atom stereocenters. The van der Waals surface area contributed by atoms with Gasteiger partial charge < -0.3 is 11.2 Å². The highest BCUT2D eigenvalue weighted by Crippen LogP contribution is 2.29. The molecular weight excluding hydrogens is 462 g/mol. The first-order chi connectivity index (χ1) is 15.8. The molecule has 10 nitrogen and oxygen atoms in total.